The molecule has 5 nitrogen and oxygen atoms in total. The highest BCUT2D eigenvalue weighted by atomic mass is 32.2. The highest BCUT2D eigenvalue weighted by Gasteiger charge is 2.38. The predicted molar refractivity (Wildman–Crippen MR) is 42.2 cm³/mol. The molecule has 1 saturated carbocycles. The van der Waals surface area contributed by atoms with Gasteiger partial charge in [0.15, 0.2) is 0 Å². The van der Waals surface area contributed by atoms with Crippen LogP contribution in [-0.4, -0.2) is 42.6 Å². The van der Waals surface area contributed by atoms with Crippen LogP contribution in [0.2, 0.25) is 0 Å². The topological polar surface area (TPSA) is 74.7 Å². The fraction of sp³-hybridized carbons (Fsp3) is 0.833. The molecule has 0 bridgehead atoms. The third kappa shape index (κ3) is 1.95. The largest absolute Gasteiger partial charge is 0.480 e. The molecule has 1 rings (SSSR count). The molecule has 0 unspecified atom stereocenters. The lowest BCUT2D eigenvalue weighted by atomic mass is 10.7. The van der Waals surface area contributed by atoms with Gasteiger partial charge < -0.3 is 5.11 Å². The van der Waals surface area contributed by atoms with Crippen LogP contribution < -0.4 is 0 Å². The first kappa shape index (κ1) is 9.47. The lowest BCUT2D eigenvalue weighted by Crippen LogP contribution is -2.34. The Hall–Kier alpha value is -0.620. The van der Waals surface area contributed by atoms with Crippen molar-refractivity contribution in [3.8, 4) is 0 Å². The normalized spacial score (nSPS) is 18.2. The second kappa shape index (κ2) is 3.02. The Kier molecular flexibility index (Phi) is 2.39. The quantitative estimate of drug-likeness (QED) is 0.652. The van der Waals surface area contributed by atoms with E-state index in [9.17, 15) is 13.2 Å². The Morgan fingerprint density at radius 1 is 1.58 bits per heavy atom. The number of hydrogen-bond acceptors (Lipinski definition) is 3. The third-order valence-electron chi connectivity index (χ3n) is 1.74. The standard InChI is InChI=1S/C6H11NO4S/c1-7(4-6(8)9)12(10,11)5-2-3-5/h5H,2-4H2,1H3,(H,8,9). The number of carbonyl (C=O) groups is 1. The van der Waals surface area contributed by atoms with Crippen LogP contribution in [0.15, 0.2) is 0 Å². The van der Waals surface area contributed by atoms with Crippen LogP contribution in [0.3, 0.4) is 0 Å². The van der Waals surface area contributed by atoms with Gasteiger partial charge in [0.25, 0.3) is 0 Å². The van der Waals surface area contributed by atoms with E-state index in [-0.39, 0.29) is 5.25 Å². The number of carboxylic acid groups (broad SMARTS) is 1. The van der Waals surface area contributed by atoms with E-state index in [1.807, 2.05) is 0 Å². The van der Waals surface area contributed by atoms with E-state index in [4.69, 9.17) is 5.11 Å². The number of carboxylic acids is 1. The zero-order valence-electron chi connectivity index (χ0n) is 6.73. The summed E-state index contributed by atoms with van der Waals surface area (Å²) in [5.74, 6) is -1.12. The maximum absolute atomic E-state index is 11.3. The first-order chi connectivity index (χ1) is 5.44. The molecule has 0 amide bonds. The first-order valence-corrected chi connectivity index (χ1v) is 5.12. The molecular formula is C6H11NO4S. The summed E-state index contributed by atoms with van der Waals surface area (Å²) in [6, 6.07) is 0. The van der Waals surface area contributed by atoms with E-state index in [0.717, 1.165) is 4.31 Å². The van der Waals surface area contributed by atoms with Gasteiger partial charge in [0.1, 0.15) is 6.54 Å². The first-order valence-electron chi connectivity index (χ1n) is 3.61. The molecule has 0 saturated heterocycles. The molecule has 0 radical (unpaired) electrons. The molecule has 1 aliphatic carbocycles. The van der Waals surface area contributed by atoms with Crippen molar-refractivity contribution in [1.82, 2.24) is 4.31 Å². The van der Waals surface area contributed by atoms with E-state index in [2.05, 4.69) is 0 Å². The summed E-state index contributed by atoms with van der Waals surface area (Å²) in [6.45, 7) is -0.446. The monoisotopic (exact) mass is 193 g/mol. The average Bonchev–Trinajstić information content (AvgIpc) is 2.65. The maximum Gasteiger partial charge on any atom is 0.318 e. The van der Waals surface area contributed by atoms with E-state index in [0.29, 0.717) is 12.8 Å². The second-order valence-electron chi connectivity index (χ2n) is 2.89. The molecule has 0 spiro atoms. The number of sulfonamides is 1. The Bertz CT molecular complexity index is 280. The van der Waals surface area contributed by atoms with Gasteiger partial charge in [-0.3, -0.25) is 4.79 Å². The lowest BCUT2D eigenvalue weighted by molar-refractivity contribution is -0.137. The molecule has 0 aromatic heterocycles. The molecule has 12 heavy (non-hydrogen) atoms. The van der Waals surface area contributed by atoms with Gasteiger partial charge >= 0.3 is 5.97 Å². The van der Waals surface area contributed by atoms with Crippen LogP contribution >= 0.6 is 0 Å². The number of hydrogen-bond donors (Lipinski definition) is 1. The summed E-state index contributed by atoms with van der Waals surface area (Å²) in [5.41, 5.74) is 0. The van der Waals surface area contributed by atoms with Crippen LogP contribution in [-0.2, 0) is 14.8 Å². The van der Waals surface area contributed by atoms with Gasteiger partial charge in [-0.05, 0) is 12.8 Å². The van der Waals surface area contributed by atoms with Crippen molar-refractivity contribution in [1.29, 1.82) is 0 Å². The summed E-state index contributed by atoms with van der Waals surface area (Å²) >= 11 is 0. The van der Waals surface area contributed by atoms with E-state index >= 15 is 0 Å². The predicted octanol–water partition coefficient (Wildman–Crippen LogP) is -0.505. The number of nitrogens with zero attached hydrogens (tertiary/aromatic N) is 1. The van der Waals surface area contributed by atoms with E-state index in [1.54, 1.807) is 0 Å². The summed E-state index contributed by atoms with van der Waals surface area (Å²) in [6.07, 6.45) is 1.32. The molecule has 0 aromatic carbocycles. The van der Waals surface area contributed by atoms with Crippen molar-refractivity contribution in [2.45, 2.75) is 18.1 Å². The third-order valence-corrected chi connectivity index (χ3v) is 4.05. The van der Waals surface area contributed by atoms with Crippen molar-refractivity contribution in [3.63, 3.8) is 0 Å². The zero-order valence-corrected chi connectivity index (χ0v) is 7.54. The Balaban J connectivity index is 2.61. The van der Waals surface area contributed by atoms with Crippen molar-refractivity contribution >= 4 is 16.0 Å². The van der Waals surface area contributed by atoms with Gasteiger partial charge in [0, 0.05) is 7.05 Å². The second-order valence-corrected chi connectivity index (χ2v) is 5.21. The minimum absolute atomic E-state index is 0.332. The summed E-state index contributed by atoms with van der Waals surface area (Å²) in [5, 5.41) is 8.01. The fourth-order valence-corrected chi connectivity index (χ4v) is 2.43. The van der Waals surface area contributed by atoms with E-state index < -0.39 is 22.5 Å². The Morgan fingerprint density at radius 2 is 2.08 bits per heavy atom. The van der Waals surface area contributed by atoms with Crippen molar-refractivity contribution in [2.24, 2.45) is 0 Å². The van der Waals surface area contributed by atoms with E-state index in [1.165, 1.54) is 7.05 Å². The highest BCUT2D eigenvalue weighted by Crippen LogP contribution is 2.30. The zero-order chi connectivity index (χ0) is 9.35. The molecule has 0 heterocycles. The fourth-order valence-electron chi connectivity index (χ4n) is 0.901. The SMILES string of the molecule is CN(CC(=O)O)S(=O)(=O)C1CC1. The van der Waals surface area contributed by atoms with Crippen LogP contribution in [0.5, 0.6) is 0 Å². The Labute approximate surface area is 71.0 Å². The van der Waals surface area contributed by atoms with Gasteiger partial charge in [0.05, 0.1) is 5.25 Å². The average molecular weight is 193 g/mol. The van der Waals surface area contributed by atoms with Crippen molar-refractivity contribution in [2.75, 3.05) is 13.6 Å². The van der Waals surface area contributed by atoms with Crippen molar-refractivity contribution < 1.29 is 18.3 Å². The highest BCUT2D eigenvalue weighted by molar-refractivity contribution is 7.90. The van der Waals surface area contributed by atoms with Gasteiger partial charge in [-0.1, -0.05) is 0 Å². The number of likely N-dealkylation sites (N-methyl/N-ethyl adjacent to an activating group) is 1. The summed E-state index contributed by atoms with van der Waals surface area (Å²) in [7, 11) is -2.01. The Morgan fingerprint density at radius 3 is 2.42 bits per heavy atom. The molecule has 70 valence electrons. The van der Waals surface area contributed by atoms with Crippen LogP contribution in [0, 0.1) is 0 Å². The molecule has 1 fully saturated rings. The van der Waals surface area contributed by atoms with Gasteiger partial charge in [-0.2, -0.15) is 4.31 Å². The molecule has 0 atom stereocenters. The molecule has 0 aliphatic heterocycles. The number of aliphatic carboxylic acids is 1. The summed E-state index contributed by atoms with van der Waals surface area (Å²) < 4.78 is 23.5. The van der Waals surface area contributed by atoms with Gasteiger partial charge in [0.2, 0.25) is 10.0 Å². The maximum atomic E-state index is 11.3. The van der Waals surface area contributed by atoms with Crippen LogP contribution in [0.25, 0.3) is 0 Å². The molecular weight excluding hydrogens is 182 g/mol. The molecule has 0 aromatic rings. The minimum Gasteiger partial charge on any atom is -0.480 e. The summed E-state index contributed by atoms with van der Waals surface area (Å²) in [4.78, 5) is 10.2. The van der Waals surface area contributed by atoms with Crippen LogP contribution in [0.1, 0.15) is 12.8 Å². The molecule has 1 N–H and O–H groups in total. The number of rotatable bonds is 4. The molecule has 1 aliphatic rings. The van der Waals surface area contributed by atoms with Gasteiger partial charge in [-0.25, -0.2) is 8.42 Å². The molecule has 6 heteroatoms. The lowest BCUT2D eigenvalue weighted by Gasteiger charge is -2.13. The van der Waals surface area contributed by atoms with Gasteiger partial charge in [-0.15, -0.1) is 0 Å². The van der Waals surface area contributed by atoms with Crippen molar-refractivity contribution in [3.05, 3.63) is 0 Å². The van der Waals surface area contributed by atoms with Crippen LogP contribution in [0.4, 0.5) is 0 Å². The smallest absolute Gasteiger partial charge is 0.318 e. The minimum atomic E-state index is -3.31.